The lowest BCUT2D eigenvalue weighted by Gasteiger charge is -2.35. The number of urea groups is 1. The summed E-state index contributed by atoms with van der Waals surface area (Å²) in [6.45, 7) is 3.45. The first kappa shape index (κ1) is 18.4. The maximum absolute atomic E-state index is 13.0. The van der Waals surface area contributed by atoms with E-state index in [4.69, 9.17) is 11.6 Å². The van der Waals surface area contributed by atoms with Crippen LogP contribution in [0.15, 0.2) is 36.0 Å². The highest BCUT2D eigenvalue weighted by atomic mass is 35.5. The van der Waals surface area contributed by atoms with Gasteiger partial charge in [0.2, 0.25) is 5.91 Å². The molecule has 0 radical (unpaired) electrons. The summed E-state index contributed by atoms with van der Waals surface area (Å²) in [7, 11) is 0. The molecule has 1 aromatic carbocycles. The fourth-order valence-electron chi connectivity index (χ4n) is 3.17. The maximum atomic E-state index is 13.0. The average molecular weight is 377 g/mol. The van der Waals surface area contributed by atoms with Gasteiger partial charge in [0.1, 0.15) is 0 Å². The highest BCUT2D eigenvalue weighted by molar-refractivity contribution is 6.31. The second-order valence-corrected chi connectivity index (χ2v) is 6.72. The third kappa shape index (κ3) is 3.73. The highest BCUT2D eigenvalue weighted by Gasteiger charge is 2.43. The fourth-order valence-corrected chi connectivity index (χ4v) is 3.29. The van der Waals surface area contributed by atoms with Crippen molar-refractivity contribution in [1.29, 1.82) is 0 Å². The van der Waals surface area contributed by atoms with E-state index in [1.165, 1.54) is 6.42 Å². The Morgan fingerprint density at radius 3 is 2.42 bits per heavy atom. The molecule has 0 bridgehead atoms. The third-order valence-corrected chi connectivity index (χ3v) is 4.76. The molecule has 2 N–H and O–H groups in total. The lowest BCUT2D eigenvalue weighted by atomic mass is 9.99. The second-order valence-electron chi connectivity index (χ2n) is 6.28. The van der Waals surface area contributed by atoms with Crippen LogP contribution in [0, 0.1) is 5.92 Å². The van der Waals surface area contributed by atoms with Crippen molar-refractivity contribution in [3.8, 4) is 0 Å². The first-order valence-corrected chi connectivity index (χ1v) is 9.01. The van der Waals surface area contributed by atoms with Crippen LogP contribution in [-0.2, 0) is 9.59 Å². The molecule has 138 valence electrons. The van der Waals surface area contributed by atoms with Crippen LogP contribution in [0.3, 0.4) is 0 Å². The number of carbonyl (C=O) groups excluding carboxylic acids is 3. The van der Waals surface area contributed by atoms with Gasteiger partial charge in [0.15, 0.2) is 5.92 Å². The van der Waals surface area contributed by atoms with Crippen LogP contribution in [0.25, 0.3) is 0 Å². The summed E-state index contributed by atoms with van der Waals surface area (Å²) in [5.41, 5.74) is 4.02. The van der Waals surface area contributed by atoms with E-state index >= 15 is 0 Å². The van der Waals surface area contributed by atoms with Gasteiger partial charge in [0, 0.05) is 23.8 Å². The van der Waals surface area contributed by atoms with E-state index < -0.39 is 23.8 Å². The van der Waals surface area contributed by atoms with Gasteiger partial charge in [-0.2, -0.15) is 0 Å². The van der Waals surface area contributed by atoms with Crippen molar-refractivity contribution < 1.29 is 14.4 Å². The number of halogens is 1. The maximum Gasteiger partial charge on any atom is 0.335 e. The lowest BCUT2D eigenvalue weighted by Crippen LogP contribution is -2.60. The minimum Gasteiger partial charge on any atom is -0.322 e. The zero-order chi connectivity index (χ0) is 18.7. The second kappa shape index (κ2) is 7.88. The van der Waals surface area contributed by atoms with E-state index in [0.29, 0.717) is 16.4 Å². The van der Waals surface area contributed by atoms with Gasteiger partial charge in [-0.05, 0) is 44.0 Å². The summed E-state index contributed by atoms with van der Waals surface area (Å²) in [5.74, 6) is -2.31. The molecule has 26 heavy (non-hydrogen) atoms. The molecule has 2 fully saturated rings. The highest BCUT2D eigenvalue weighted by Crippen LogP contribution is 2.25. The Balaban J connectivity index is 1.85. The van der Waals surface area contributed by atoms with E-state index in [1.807, 2.05) is 5.01 Å². The Kier molecular flexibility index (Phi) is 5.58. The standard InChI is InChI=1S/C18H21ClN4O3/c1-2-14(21-22-10-4-3-5-11-22)15-16(24)20-18(26)23(17(15)25)13-8-6-12(19)7-9-13/h2,6-9,15,21H,3-5,10-11H2,1H3,(H,20,24,26)/b14-2+/t15-/m0/s1. The van der Waals surface area contributed by atoms with Crippen molar-refractivity contribution in [2.45, 2.75) is 26.2 Å². The van der Waals surface area contributed by atoms with Gasteiger partial charge < -0.3 is 5.43 Å². The molecule has 2 saturated heterocycles. The number of anilines is 1. The van der Waals surface area contributed by atoms with Crippen molar-refractivity contribution in [1.82, 2.24) is 15.8 Å². The Labute approximate surface area is 156 Å². The Morgan fingerprint density at radius 1 is 1.15 bits per heavy atom. The fraction of sp³-hybridized carbons (Fsp3) is 0.389. The number of allylic oxidation sites excluding steroid dienone is 1. The number of hydrogen-bond donors (Lipinski definition) is 2. The summed E-state index contributed by atoms with van der Waals surface area (Å²) in [6, 6.07) is 5.56. The number of nitrogens with one attached hydrogen (secondary N) is 2. The molecule has 2 aliphatic heterocycles. The minimum atomic E-state index is -1.10. The summed E-state index contributed by atoms with van der Waals surface area (Å²) < 4.78 is 0. The topological polar surface area (TPSA) is 81.8 Å². The van der Waals surface area contributed by atoms with Crippen LogP contribution in [0.5, 0.6) is 0 Å². The first-order valence-electron chi connectivity index (χ1n) is 8.63. The molecule has 1 atom stereocenters. The number of piperidine rings is 1. The molecular weight excluding hydrogens is 356 g/mol. The number of benzene rings is 1. The number of rotatable bonds is 4. The van der Waals surface area contributed by atoms with E-state index in [2.05, 4.69) is 10.7 Å². The zero-order valence-electron chi connectivity index (χ0n) is 14.5. The number of hydrazine groups is 1. The SMILES string of the molecule is C/C=C(/NN1CCCCC1)[C@H]1C(=O)NC(=O)N(c2ccc(Cl)cc2)C1=O. The molecule has 0 aliphatic carbocycles. The molecule has 4 amide bonds. The van der Waals surface area contributed by atoms with E-state index in [9.17, 15) is 14.4 Å². The molecular formula is C18H21ClN4O3. The number of imide groups is 2. The zero-order valence-corrected chi connectivity index (χ0v) is 15.3. The van der Waals surface area contributed by atoms with Gasteiger partial charge >= 0.3 is 6.03 Å². The number of barbiturate groups is 1. The van der Waals surface area contributed by atoms with Crippen molar-refractivity contribution >= 4 is 35.1 Å². The first-order chi connectivity index (χ1) is 12.5. The molecule has 8 heteroatoms. The summed E-state index contributed by atoms with van der Waals surface area (Å²) in [5, 5.41) is 4.77. The largest absolute Gasteiger partial charge is 0.335 e. The molecule has 0 unspecified atom stereocenters. The van der Waals surface area contributed by atoms with Crippen LogP contribution in [0.4, 0.5) is 10.5 Å². The van der Waals surface area contributed by atoms with Crippen molar-refractivity contribution in [3.63, 3.8) is 0 Å². The molecule has 0 spiro atoms. The monoisotopic (exact) mass is 376 g/mol. The van der Waals surface area contributed by atoms with Gasteiger partial charge in [-0.3, -0.25) is 14.9 Å². The summed E-state index contributed by atoms with van der Waals surface area (Å²) >= 11 is 5.87. The van der Waals surface area contributed by atoms with Gasteiger partial charge in [0.05, 0.1) is 5.69 Å². The Bertz CT molecular complexity index is 741. The van der Waals surface area contributed by atoms with E-state index in [-0.39, 0.29) is 0 Å². The van der Waals surface area contributed by atoms with E-state index in [1.54, 1.807) is 37.3 Å². The number of carbonyl (C=O) groups is 3. The number of amides is 4. The third-order valence-electron chi connectivity index (χ3n) is 4.51. The van der Waals surface area contributed by atoms with Crippen LogP contribution in [0.1, 0.15) is 26.2 Å². The molecule has 1 aromatic rings. The van der Waals surface area contributed by atoms with Crippen molar-refractivity contribution in [2.24, 2.45) is 5.92 Å². The number of nitrogens with zero attached hydrogens (tertiary/aromatic N) is 2. The molecule has 2 aliphatic rings. The molecule has 0 aromatic heterocycles. The predicted octanol–water partition coefficient (Wildman–Crippen LogP) is 2.43. The van der Waals surface area contributed by atoms with Gasteiger partial charge in [0.25, 0.3) is 5.91 Å². The Hall–Kier alpha value is -2.38. The minimum absolute atomic E-state index is 0.364. The van der Waals surface area contributed by atoms with Gasteiger partial charge in [-0.25, -0.2) is 14.7 Å². The predicted molar refractivity (Wildman–Crippen MR) is 98.3 cm³/mol. The van der Waals surface area contributed by atoms with Crippen LogP contribution >= 0.6 is 11.6 Å². The molecule has 2 heterocycles. The van der Waals surface area contributed by atoms with Crippen LogP contribution in [0.2, 0.25) is 5.02 Å². The molecule has 7 nitrogen and oxygen atoms in total. The summed E-state index contributed by atoms with van der Waals surface area (Å²) in [6.07, 6.45) is 4.99. The van der Waals surface area contributed by atoms with Gasteiger partial charge in [-0.15, -0.1) is 0 Å². The quantitative estimate of drug-likeness (QED) is 0.789. The summed E-state index contributed by atoms with van der Waals surface area (Å²) in [4.78, 5) is 38.6. The van der Waals surface area contributed by atoms with Crippen molar-refractivity contribution in [2.75, 3.05) is 18.0 Å². The lowest BCUT2D eigenvalue weighted by molar-refractivity contribution is -0.133. The smallest absolute Gasteiger partial charge is 0.322 e. The van der Waals surface area contributed by atoms with Crippen LogP contribution in [-0.4, -0.2) is 35.9 Å². The molecule has 3 rings (SSSR count). The van der Waals surface area contributed by atoms with Gasteiger partial charge in [-0.1, -0.05) is 24.1 Å². The van der Waals surface area contributed by atoms with Crippen molar-refractivity contribution in [3.05, 3.63) is 41.1 Å². The normalized spacial score (nSPS) is 22.4. The Morgan fingerprint density at radius 2 is 1.81 bits per heavy atom. The van der Waals surface area contributed by atoms with E-state index in [0.717, 1.165) is 30.8 Å². The molecule has 0 saturated carbocycles. The van der Waals surface area contributed by atoms with Crippen LogP contribution < -0.4 is 15.6 Å². The average Bonchev–Trinajstić information content (AvgIpc) is 2.63. The number of hydrogen-bond acceptors (Lipinski definition) is 5.